The highest BCUT2D eigenvalue weighted by Gasteiger charge is 2.38. The zero-order valence-corrected chi connectivity index (χ0v) is 12.9. The number of hydrogen-bond acceptors (Lipinski definition) is 3. The van der Waals surface area contributed by atoms with Gasteiger partial charge in [-0.25, -0.2) is 4.79 Å². The van der Waals surface area contributed by atoms with Crippen LogP contribution in [0.4, 0.5) is 0 Å². The van der Waals surface area contributed by atoms with Crippen LogP contribution < -0.4 is 0 Å². The molecule has 0 aliphatic rings. The summed E-state index contributed by atoms with van der Waals surface area (Å²) in [6.07, 6.45) is 0.851. The Balaban J connectivity index is 3.94. The van der Waals surface area contributed by atoms with E-state index in [2.05, 4.69) is 33.9 Å². The summed E-state index contributed by atoms with van der Waals surface area (Å²) < 4.78 is 11.1. The van der Waals surface area contributed by atoms with Gasteiger partial charge in [-0.2, -0.15) is 0 Å². The first kappa shape index (κ1) is 16.6. The van der Waals surface area contributed by atoms with Gasteiger partial charge in [0.15, 0.2) is 8.32 Å². The van der Waals surface area contributed by atoms with Gasteiger partial charge in [-0.05, 0) is 31.5 Å². The van der Waals surface area contributed by atoms with Crippen molar-refractivity contribution in [3.63, 3.8) is 0 Å². The van der Waals surface area contributed by atoms with Gasteiger partial charge in [-0.1, -0.05) is 20.8 Å². The SMILES string of the molecule is CC(CCOCC(=O)O)O[Si](C)(C)C(C)(C)C. The molecule has 1 unspecified atom stereocenters. The lowest BCUT2D eigenvalue weighted by Crippen LogP contribution is -2.43. The lowest BCUT2D eigenvalue weighted by atomic mass is 10.2. The molecule has 0 radical (unpaired) electrons. The van der Waals surface area contributed by atoms with Gasteiger partial charge in [0.1, 0.15) is 6.61 Å². The van der Waals surface area contributed by atoms with Gasteiger partial charge in [0.05, 0.1) is 0 Å². The van der Waals surface area contributed by atoms with E-state index in [1.54, 1.807) is 0 Å². The molecule has 0 aromatic rings. The third-order valence-corrected chi connectivity index (χ3v) is 7.80. The predicted octanol–water partition coefficient (Wildman–Crippen LogP) is 2.89. The van der Waals surface area contributed by atoms with Crippen LogP contribution in [0.25, 0.3) is 0 Å². The van der Waals surface area contributed by atoms with Crippen molar-refractivity contribution in [3.05, 3.63) is 0 Å². The molecule has 0 amide bonds. The smallest absolute Gasteiger partial charge is 0.329 e. The number of carbonyl (C=O) groups is 1. The molecule has 0 fully saturated rings. The highest BCUT2D eigenvalue weighted by molar-refractivity contribution is 6.74. The summed E-state index contributed by atoms with van der Waals surface area (Å²) in [6, 6.07) is 0. The van der Waals surface area contributed by atoms with Crippen LogP contribution in [0.2, 0.25) is 18.1 Å². The molecule has 102 valence electrons. The van der Waals surface area contributed by atoms with Crippen molar-refractivity contribution in [2.45, 2.75) is 58.4 Å². The number of ether oxygens (including phenoxy) is 1. The van der Waals surface area contributed by atoms with Gasteiger partial charge in [0.2, 0.25) is 0 Å². The molecule has 0 rings (SSSR count). The van der Waals surface area contributed by atoms with E-state index in [1.165, 1.54) is 0 Å². The number of rotatable bonds is 7. The molecule has 0 aliphatic heterocycles. The van der Waals surface area contributed by atoms with Crippen molar-refractivity contribution >= 4 is 14.3 Å². The van der Waals surface area contributed by atoms with Crippen molar-refractivity contribution in [3.8, 4) is 0 Å². The van der Waals surface area contributed by atoms with E-state index in [1.807, 2.05) is 6.92 Å². The topological polar surface area (TPSA) is 55.8 Å². The molecule has 0 saturated carbocycles. The fraction of sp³-hybridized carbons (Fsp3) is 0.917. The molecule has 0 aromatic heterocycles. The highest BCUT2D eigenvalue weighted by Crippen LogP contribution is 2.37. The van der Waals surface area contributed by atoms with Crippen molar-refractivity contribution in [1.29, 1.82) is 0 Å². The Kier molecular flexibility index (Phi) is 6.36. The predicted molar refractivity (Wildman–Crippen MR) is 70.8 cm³/mol. The molecule has 5 heteroatoms. The van der Waals surface area contributed by atoms with Gasteiger partial charge in [-0.15, -0.1) is 0 Å². The van der Waals surface area contributed by atoms with Crippen molar-refractivity contribution < 1.29 is 19.1 Å². The minimum absolute atomic E-state index is 0.115. The number of hydrogen-bond donors (Lipinski definition) is 1. The fourth-order valence-corrected chi connectivity index (χ4v) is 2.62. The molecule has 0 aromatic carbocycles. The van der Waals surface area contributed by atoms with Gasteiger partial charge < -0.3 is 14.3 Å². The molecule has 4 nitrogen and oxygen atoms in total. The first-order valence-electron chi connectivity index (χ1n) is 6.03. The Hall–Kier alpha value is -0.393. The van der Waals surface area contributed by atoms with Crippen LogP contribution in [-0.4, -0.2) is 38.7 Å². The first-order valence-corrected chi connectivity index (χ1v) is 8.94. The lowest BCUT2D eigenvalue weighted by molar-refractivity contribution is -0.142. The Morgan fingerprint density at radius 1 is 1.35 bits per heavy atom. The average Bonchev–Trinajstić information content (AvgIpc) is 2.09. The quantitative estimate of drug-likeness (QED) is 0.566. The summed E-state index contributed by atoms with van der Waals surface area (Å²) in [6.45, 7) is 13.2. The number of carboxylic acids is 1. The second-order valence-corrected chi connectivity index (χ2v) is 10.7. The van der Waals surface area contributed by atoms with Gasteiger partial charge >= 0.3 is 5.97 Å². The summed E-state index contributed by atoms with van der Waals surface area (Å²) in [5.41, 5.74) is 0. The van der Waals surface area contributed by atoms with E-state index >= 15 is 0 Å². The van der Waals surface area contributed by atoms with Crippen molar-refractivity contribution in [2.24, 2.45) is 0 Å². The maximum atomic E-state index is 10.3. The van der Waals surface area contributed by atoms with E-state index in [-0.39, 0.29) is 17.7 Å². The zero-order valence-electron chi connectivity index (χ0n) is 11.9. The minimum atomic E-state index is -1.72. The molecule has 1 N–H and O–H groups in total. The van der Waals surface area contributed by atoms with E-state index in [0.29, 0.717) is 6.61 Å². The monoisotopic (exact) mass is 262 g/mol. The molecule has 0 spiro atoms. The maximum absolute atomic E-state index is 10.3. The average molecular weight is 262 g/mol. The molecule has 1 atom stereocenters. The number of carboxylic acid groups (broad SMARTS) is 1. The van der Waals surface area contributed by atoms with Crippen molar-refractivity contribution in [2.75, 3.05) is 13.2 Å². The normalized spacial score (nSPS) is 14.7. The summed E-state index contributed by atoms with van der Waals surface area (Å²) in [4.78, 5) is 10.3. The molecular formula is C12H26O4Si. The number of aliphatic carboxylic acids is 1. The van der Waals surface area contributed by atoms with Crippen LogP contribution in [0.15, 0.2) is 0 Å². The van der Waals surface area contributed by atoms with Crippen LogP contribution in [0.3, 0.4) is 0 Å². The second kappa shape index (κ2) is 6.52. The molecule has 17 heavy (non-hydrogen) atoms. The third kappa shape index (κ3) is 6.80. The minimum Gasteiger partial charge on any atom is -0.480 e. The summed E-state index contributed by atoms with van der Waals surface area (Å²) >= 11 is 0. The van der Waals surface area contributed by atoms with Crippen LogP contribution in [0.5, 0.6) is 0 Å². The summed E-state index contributed by atoms with van der Waals surface area (Å²) in [5.74, 6) is -0.928. The van der Waals surface area contributed by atoms with E-state index in [9.17, 15) is 4.79 Å². The van der Waals surface area contributed by atoms with Gasteiger partial charge in [0.25, 0.3) is 0 Å². The van der Waals surface area contributed by atoms with Crippen LogP contribution in [0, 0.1) is 0 Å². The molecular weight excluding hydrogens is 236 g/mol. The Labute approximate surface area is 105 Å². The van der Waals surface area contributed by atoms with Crippen molar-refractivity contribution in [1.82, 2.24) is 0 Å². The summed E-state index contributed by atoms with van der Waals surface area (Å²) in [5, 5.41) is 8.62. The molecule has 0 saturated heterocycles. The third-order valence-electron chi connectivity index (χ3n) is 3.20. The maximum Gasteiger partial charge on any atom is 0.329 e. The molecule has 0 bridgehead atoms. The van der Waals surface area contributed by atoms with E-state index < -0.39 is 14.3 Å². The van der Waals surface area contributed by atoms with Crippen LogP contribution in [-0.2, 0) is 14.0 Å². The standard InChI is InChI=1S/C12H26O4Si/c1-10(7-8-15-9-11(13)14)16-17(5,6)12(2,3)4/h10H,7-9H2,1-6H3,(H,13,14). The largest absolute Gasteiger partial charge is 0.480 e. The van der Waals surface area contributed by atoms with E-state index in [0.717, 1.165) is 6.42 Å². The van der Waals surface area contributed by atoms with E-state index in [4.69, 9.17) is 14.3 Å². The van der Waals surface area contributed by atoms with Gasteiger partial charge in [0, 0.05) is 12.7 Å². The Bertz CT molecular complexity index is 245. The van der Waals surface area contributed by atoms with Crippen LogP contribution >= 0.6 is 0 Å². The lowest BCUT2D eigenvalue weighted by Gasteiger charge is -2.38. The summed E-state index contributed by atoms with van der Waals surface area (Å²) in [7, 11) is -1.72. The second-order valence-electron chi connectivity index (χ2n) is 5.92. The Morgan fingerprint density at radius 2 is 1.88 bits per heavy atom. The highest BCUT2D eigenvalue weighted by atomic mass is 28.4. The van der Waals surface area contributed by atoms with Crippen LogP contribution in [0.1, 0.15) is 34.1 Å². The molecule has 0 aliphatic carbocycles. The fourth-order valence-electron chi connectivity index (χ4n) is 1.15. The Morgan fingerprint density at radius 3 is 2.29 bits per heavy atom. The van der Waals surface area contributed by atoms with Gasteiger partial charge in [-0.3, -0.25) is 0 Å². The zero-order chi connectivity index (χ0) is 13.7. The molecule has 0 heterocycles. The first-order chi connectivity index (χ1) is 7.56.